The Labute approximate surface area is 128 Å². The summed E-state index contributed by atoms with van der Waals surface area (Å²) in [5.41, 5.74) is 3.22. The van der Waals surface area contributed by atoms with E-state index >= 15 is 0 Å². The minimum atomic E-state index is -0.179. The van der Waals surface area contributed by atoms with Crippen molar-refractivity contribution >= 4 is 11.9 Å². The summed E-state index contributed by atoms with van der Waals surface area (Å²) in [4.78, 5) is 20.9. The fourth-order valence-electron chi connectivity index (χ4n) is 2.10. The van der Waals surface area contributed by atoms with Crippen molar-refractivity contribution in [2.75, 3.05) is 5.32 Å². The van der Waals surface area contributed by atoms with Gasteiger partial charge in [-0.15, -0.1) is 0 Å². The number of amides is 1. The molecule has 0 saturated carbocycles. The quantitative estimate of drug-likeness (QED) is 0.807. The van der Waals surface area contributed by atoms with Crippen LogP contribution >= 0.6 is 0 Å². The van der Waals surface area contributed by atoms with E-state index in [1.54, 1.807) is 22.9 Å². The number of carbonyl (C=O) groups excluding carboxylic acids is 1. The highest BCUT2D eigenvalue weighted by molar-refractivity contribution is 6.03. The Morgan fingerprint density at radius 3 is 2.55 bits per heavy atom. The molecule has 0 aliphatic rings. The molecule has 0 unspecified atom stereocenters. The van der Waals surface area contributed by atoms with Gasteiger partial charge < -0.3 is 4.57 Å². The molecule has 0 saturated heterocycles. The topological polar surface area (TPSA) is 59.8 Å². The second-order valence-corrected chi connectivity index (χ2v) is 5.10. The number of aryl methyl sites for hydroxylation is 2. The van der Waals surface area contributed by atoms with Gasteiger partial charge in [0.15, 0.2) is 0 Å². The summed E-state index contributed by atoms with van der Waals surface area (Å²) in [6.07, 6.45) is 3.56. The van der Waals surface area contributed by atoms with Crippen LogP contribution in [0.5, 0.6) is 0 Å². The van der Waals surface area contributed by atoms with Crippen LogP contribution in [-0.4, -0.2) is 20.4 Å². The van der Waals surface area contributed by atoms with Crippen molar-refractivity contribution in [2.45, 2.75) is 6.92 Å². The lowest BCUT2D eigenvalue weighted by molar-refractivity contribution is 0.102. The summed E-state index contributed by atoms with van der Waals surface area (Å²) in [6.45, 7) is 1.99. The Kier molecular flexibility index (Phi) is 3.70. The molecule has 3 rings (SSSR count). The second-order valence-electron chi connectivity index (χ2n) is 5.10. The molecular weight excluding hydrogens is 276 g/mol. The number of rotatable bonds is 3. The number of hydrogen-bond acceptors (Lipinski definition) is 3. The number of anilines is 1. The summed E-state index contributed by atoms with van der Waals surface area (Å²) < 4.78 is 1.77. The third-order valence-corrected chi connectivity index (χ3v) is 3.34. The lowest BCUT2D eigenvalue weighted by Gasteiger charge is -2.04. The van der Waals surface area contributed by atoms with Crippen molar-refractivity contribution in [3.63, 3.8) is 0 Å². The first-order valence-electron chi connectivity index (χ1n) is 6.96. The maximum Gasteiger partial charge on any atom is 0.257 e. The van der Waals surface area contributed by atoms with Gasteiger partial charge in [-0.1, -0.05) is 23.8 Å². The SMILES string of the molecule is Cc1ccc(C(=O)Nc2nc(-c3ccccn3)cn2C)cc1. The molecule has 5 nitrogen and oxygen atoms in total. The summed E-state index contributed by atoms with van der Waals surface area (Å²) >= 11 is 0. The van der Waals surface area contributed by atoms with Crippen LogP contribution in [0.4, 0.5) is 5.95 Å². The third kappa shape index (κ3) is 2.88. The van der Waals surface area contributed by atoms with Crippen molar-refractivity contribution in [3.8, 4) is 11.4 Å². The fourth-order valence-corrected chi connectivity index (χ4v) is 2.10. The van der Waals surface area contributed by atoms with Gasteiger partial charge in [-0.25, -0.2) is 4.98 Å². The van der Waals surface area contributed by atoms with E-state index in [0.717, 1.165) is 17.0 Å². The van der Waals surface area contributed by atoms with Crippen LogP contribution in [0.15, 0.2) is 54.9 Å². The van der Waals surface area contributed by atoms with Gasteiger partial charge in [0.1, 0.15) is 5.69 Å². The number of imidazole rings is 1. The molecule has 2 heterocycles. The highest BCUT2D eigenvalue weighted by Gasteiger charge is 2.12. The molecule has 2 aromatic heterocycles. The van der Waals surface area contributed by atoms with Crippen molar-refractivity contribution in [1.29, 1.82) is 0 Å². The molecule has 1 aromatic carbocycles. The minimum absolute atomic E-state index is 0.179. The first-order chi connectivity index (χ1) is 10.6. The molecule has 1 N–H and O–H groups in total. The van der Waals surface area contributed by atoms with Gasteiger partial charge in [0.2, 0.25) is 5.95 Å². The van der Waals surface area contributed by atoms with Crippen LogP contribution in [0.25, 0.3) is 11.4 Å². The van der Waals surface area contributed by atoms with E-state index in [4.69, 9.17) is 0 Å². The number of aromatic nitrogens is 3. The van der Waals surface area contributed by atoms with Gasteiger partial charge in [0.25, 0.3) is 5.91 Å². The summed E-state index contributed by atoms with van der Waals surface area (Å²) in [7, 11) is 1.84. The zero-order chi connectivity index (χ0) is 15.5. The van der Waals surface area contributed by atoms with E-state index in [2.05, 4.69) is 15.3 Å². The smallest absolute Gasteiger partial charge is 0.257 e. The van der Waals surface area contributed by atoms with Gasteiger partial charge in [-0.05, 0) is 31.2 Å². The second kappa shape index (κ2) is 5.81. The fraction of sp³-hybridized carbons (Fsp3) is 0.118. The van der Waals surface area contributed by atoms with Crippen LogP contribution < -0.4 is 5.32 Å². The van der Waals surface area contributed by atoms with Gasteiger partial charge in [-0.3, -0.25) is 15.1 Å². The van der Waals surface area contributed by atoms with E-state index in [-0.39, 0.29) is 5.91 Å². The van der Waals surface area contributed by atoms with Crippen molar-refractivity contribution in [2.24, 2.45) is 7.05 Å². The molecule has 3 aromatic rings. The predicted molar refractivity (Wildman–Crippen MR) is 85.6 cm³/mol. The van der Waals surface area contributed by atoms with Crippen molar-refractivity contribution in [1.82, 2.24) is 14.5 Å². The normalized spacial score (nSPS) is 10.5. The molecule has 22 heavy (non-hydrogen) atoms. The molecule has 0 aliphatic carbocycles. The van der Waals surface area contributed by atoms with E-state index in [1.807, 2.05) is 50.5 Å². The molecule has 0 aliphatic heterocycles. The number of nitrogens with zero attached hydrogens (tertiary/aromatic N) is 3. The van der Waals surface area contributed by atoms with E-state index in [1.165, 1.54) is 0 Å². The lowest BCUT2D eigenvalue weighted by atomic mass is 10.1. The highest BCUT2D eigenvalue weighted by Crippen LogP contribution is 2.18. The van der Waals surface area contributed by atoms with Crippen LogP contribution in [0, 0.1) is 6.92 Å². The molecule has 0 fully saturated rings. The first kappa shape index (κ1) is 14.0. The molecule has 110 valence electrons. The number of carbonyl (C=O) groups is 1. The molecule has 1 amide bonds. The number of nitrogens with one attached hydrogen (secondary N) is 1. The largest absolute Gasteiger partial charge is 0.320 e. The Bertz CT molecular complexity index is 791. The highest BCUT2D eigenvalue weighted by atomic mass is 16.1. The monoisotopic (exact) mass is 292 g/mol. The Morgan fingerprint density at radius 1 is 1.09 bits per heavy atom. The van der Waals surface area contributed by atoms with Gasteiger partial charge >= 0.3 is 0 Å². The average molecular weight is 292 g/mol. The van der Waals surface area contributed by atoms with Crippen molar-refractivity contribution < 1.29 is 4.79 Å². The van der Waals surface area contributed by atoms with E-state index in [9.17, 15) is 4.79 Å². The van der Waals surface area contributed by atoms with Crippen LogP contribution in [0.3, 0.4) is 0 Å². The maximum atomic E-state index is 12.2. The summed E-state index contributed by atoms with van der Waals surface area (Å²) in [5.74, 6) is 0.312. The first-order valence-corrected chi connectivity index (χ1v) is 6.96. The number of benzene rings is 1. The Hall–Kier alpha value is -2.95. The molecule has 5 heteroatoms. The van der Waals surface area contributed by atoms with E-state index < -0.39 is 0 Å². The van der Waals surface area contributed by atoms with Gasteiger partial charge in [0, 0.05) is 25.0 Å². The maximum absolute atomic E-state index is 12.2. The summed E-state index contributed by atoms with van der Waals surface area (Å²) in [6, 6.07) is 13.1. The number of pyridine rings is 1. The Balaban J connectivity index is 1.82. The van der Waals surface area contributed by atoms with E-state index in [0.29, 0.717) is 11.5 Å². The van der Waals surface area contributed by atoms with Gasteiger partial charge in [0.05, 0.1) is 5.69 Å². The third-order valence-electron chi connectivity index (χ3n) is 3.34. The average Bonchev–Trinajstić information content (AvgIpc) is 2.90. The molecule has 0 bridgehead atoms. The molecule has 0 atom stereocenters. The minimum Gasteiger partial charge on any atom is -0.320 e. The zero-order valence-corrected chi connectivity index (χ0v) is 12.4. The molecular formula is C17H16N4O. The van der Waals surface area contributed by atoms with Crippen molar-refractivity contribution in [3.05, 3.63) is 66.0 Å². The zero-order valence-electron chi connectivity index (χ0n) is 12.4. The lowest BCUT2D eigenvalue weighted by Crippen LogP contribution is -2.14. The summed E-state index contributed by atoms with van der Waals surface area (Å²) in [5, 5.41) is 2.82. The number of hydrogen-bond donors (Lipinski definition) is 1. The van der Waals surface area contributed by atoms with Crippen LogP contribution in [-0.2, 0) is 7.05 Å². The van der Waals surface area contributed by atoms with Crippen LogP contribution in [0.1, 0.15) is 15.9 Å². The van der Waals surface area contributed by atoms with Gasteiger partial charge in [-0.2, -0.15) is 0 Å². The van der Waals surface area contributed by atoms with Crippen LogP contribution in [0.2, 0.25) is 0 Å². The molecule has 0 radical (unpaired) electrons. The predicted octanol–water partition coefficient (Wildman–Crippen LogP) is 3.04. The molecule has 0 spiro atoms. The Morgan fingerprint density at radius 2 is 1.86 bits per heavy atom. The standard InChI is InChI=1S/C17H16N4O/c1-12-6-8-13(9-7-12)16(22)20-17-19-15(11-21(17)2)14-5-3-4-10-18-14/h3-11H,1-2H3,(H,19,20,22).